The Hall–Kier alpha value is -2.88. The number of ether oxygens (including phenoxy) is 1. The molecule has 0 saturated carbocycles. The third kappa shape index (κ3) is 2.63. The summed E-state index contributed by atoms with van der Waals surface area (Å²) in [7, 11) is 1.35. The van der Waals surface area contributed by atoms with Crippen LogP contribution >= 0.6 is 0 Å². The first-order valence-corrected chi connectivity index (χ1v) is 7.00. The number of H-pyrrole nitrogens is 1. The van der Waals surface area contributed by atoms with Crippen LogP contribution in [0.5, 0.6) is 0 Å². The Labute approximate surface area is 128 Å². The molecule has 110 valence electrons. The summed E-state index contributed by atoms with van der Waals surface area (Å²) in [5, 5.41) is 0. The van der Waals surface area contributed by atoms with Crippen LogP contribution in [0.25, 0.3) is 22.5 Å². The highest BCUT2D eigenvalue weighted by Crippen LogP contribution is 2.24. The first-order valence-electron chi connectivity index (χ1n) is 7.00. The minimum atomic E-state index is -0.430. The number of aryl methyl sites for hydroxylation is 1. The van der Waals surface area contributed by atoms with Gasteiger partial charge in [-0.3, -0.25) is 0 Å². The molecule has 4 nitrogen and oxygen atoms in total. The van der Waals surface area contributed by atoms with Crippen molar-refractivity contribution in [3.8, 4) is 22.5 Å². The Morgan fingerprint density at radius 2 is 1.55 bits per heavy atom. The second-order valence-electron chi connectivity index (χ2n) is 4.99. The molecule has 3 rings (SSSR count). The predicted octanol–water partition coefficient (Wildman–Crippen LogP) is 3.84. The van der Waals surface area contributed by atoms with E-state index in [0.29, 0.717) is 17.2 Å². The summed E-state index contributed by atoms with van der Waals surface area (Å²) in [4.78, 5) is 19.1. The van der Waals surface area contributed by atoms with E-state index in [1.165, 1.54) is 12.7 Å². The number of esters is 1. The highest BCUT2D eigenvalue weighted by molar-refractivity contribution is 5.89. The van der Waals surface area contributed by atoms with E-state index in [-0.39, 0.29) is 0 Å². The Bertz CT molecular complexity index is 790. The molecule has 0 aliphatic carbocycles. The Morgan fingerprint density at radius 1 is 0.955 bits per heavy atom. The normalized spacial score (nSPS) is 10.5. The van der Waals surface area contributed by atoms with Gasteiger partial charge in [0, 0.05) is 11.3 Å². The van der Waals surface area contributed by atoms with Gasteiger partial charge in [0.15, 0.2) is 5.69 Å². The van der Waals surface area contributed by atoms with E-state index in [2.05, 4.69) is 22.1 Å². The third-order valence-electron chi connectivity index (χ3n) is 3.53. The van der Waals surface area contributed by atoms with Crippen LogP contribution in [0.3, 0.4) is 0 Å². The molecular weight excluding hydrogens is 276 g/mol. The van der Waals surface area contributed by atoms with E-state index in [4.69, 9.17) is 4.74 Å². The van der Waals surface area contributed by atoms with Crippen molar-refractivity contribution in [1.82, 2.24) is 9.97 Å². The van der Waals surface area contributed by atoms with Crippen LogP contribution in [0.4, 0.5) is 0 Å². The van der Waals surface area contributed by atoms with E-state index < -0.39 is 5.97 Å². The average molecular weight is 292 g/mol. The van der Waals surface area contributed by atoms with Gasteiger partial charge in [-0.25, -0.2) is 9.78 Å². The summed E-state index contributed by atoms with van der Waals surface area (Å²) in [6.45, 7) is 1.81. The van der Waals surface area contributed by atoms with Gasteiger partial charge in [0.2, 0.25) is 0 Å². The number of methoxy groups -OCH3 is 1. The lowest BCUT2D eigenvalue weighted by Gasteiger charge is -2.02. The molecule has 0 radical (unpaired) electrons. The molecule has 0 amide bonds. The summed E-state index contributed by atoms with van der Waals surface area (Å²) >= 11 is 0. The minimum Gasteiger partial charge on any atom is -0.464 e. The summed E-state index contributed by atoms with van der Waals surface area (Å²) in [5.41, 5.74) is 4.26. The molecule has 1 N–H and O–H groups in total. The Morgan fingerprint density at radius 3 is 2.18 bits per heavy atom. The molecule has 2 aromatic carbocycles. The molecular formula is C18H16N2O2. The third-order valence-corrected chi connectivity index (χ3v) is 3.53. The smallest absolute Gasteiger partial charge is 0.358 e. The lowest BCUT2D eigenvalue weighted by molar-refractivity contribution is 0.0594. The van der Waals surface area contributed by atoms with Gasteiger partial charge in [-0.1, -0.05) is 54.6 Å². The maximum Gasteiger partial charge on any atom is 0.358 e. The number of rotatable bonds is 3. The molecule has 0 spiro atoms. The summed E-state index contributed by atoms with van der Waals surface area (Å²) in [6, 6.07) is 18.2. The number of carbonyl (C=O) groups is 1. The first-order chi connectivity index (χ1) is 10.7. The Kier molecular flexibility index (Phi) is 3.74. The van der Waals surface area contributed by atoms with E-state index >= 15 is 0 Å². The molecule has 0 unspecified atom stereocenters. The standard InChI is InChI=1S/C18H16N2O2/c1-12-16(18(21)22-2)20-17(19-12)15-10-8-14(9-11-15)13-6-4-3-5-7-13/h3-11H,1-2H3,(H,19,20). The fraction of sp³-hybridized carbons (Fsp3) is 0.111. The van der Waals surface area contributed by atoms with Crippen LogP contribution in [0, 0.1) is 6.92 Å². The lowest BCUT2D eigenvalue weighted by atomic mass is 10.0. The number of aromatic nitrogens is 2. The fourth-order valence-corrected chi connectivity index (χ4v) is 2.34. The zero-order valence-electron chi connectivity index (χ0n) is 12.5. The first kappa shape index (κ1) is 14.1. The number of hydrogen-bond acceptors (Lipinski definition) is 3. The second kappa shape index (κ2) is 5.85. The number of imidazole rings is 1. The van der Waals surface area contributed by atoms with E-state index in [1.54, 1.807) is 6.92 Å². The van der Waals surface area contributed by atoms with Crippen molar-refractivity contribution in [2.45, 2.75) is 6.92 Å². The van der Waals surface area contributed by atoms with Crippen LogP contribution < -0.4 is 0 Å². The molecule has 0 aliphatic heterocycles. The Balaban J connectivity index is 1.92. The second-order valence-corrected chi connectivity index (χ2v) is 4.99. The van der Waals surface area contributed by atoms with Crippen LogP contribution in [0.1, 0.15) is 16.2 Å². The zero-order valence-corrected chi connectivity index (χ0v) is 12.5. The quantitative estimate of drug-likeness (QED) is 0.746. The van der Waals surface area contributed by atoms with Gasteiger partial charge in [-0.05, 0) is 18.1 Å². The lowest BCUT2D eigenvalue weighted by Crippen LogP contribution is -2.03. The molecule has 3 aromatic rings. The summed E-state index contributed by atoms with van der Waals surface area (Å²) < 4.78 is 4.72. The minimum absolute atomic E-state index is 0.324. The molecule has 1 heterocycles. The fourth-order valence-electron chi connectivity index (χ4n) is 2.34. The number of aromatic amines is 1. The van der Waals surface area contributed by atoms with Gasteiger partial charge in [-0.2, -0.15) is 0 Å². The van der Waals surface area contributed by atoms with Crippen LogP contribution in [0.15, 0.2) is 54.6 Å². The van der Waals surface area contributed by atoms with Crippen molar-refractivity contribution >= 4 is 5.97 Å². The van der Waals surface area contributed by atoms with Crippen molar-refractivity contribution in [1.29, 1.82) is 0 Å². The molecule has 4 heteroatoms. The monoisotopic (exact) mass is 292 g/mol. The molecule has 0 saturated heterocycles. The number of nitrogens with zero attached hydrogens (tertiary/aromatic N) is 1. The van der Waals surface area contributed by atoms with Gasteiger partial charge < -0.3 is 9.72 Å². The SMILES string of the molecule is COC(=O)c1nc(-c2ccc(-c3ccccc3)cc2)[nH]c1C. The molecule has 1 aromatic heterocycles. The van der Waals surface area contributed by atoms with E-state index in [1.807, 2.05) is 42.5 Å². The van der Waals surface area contributed by atoms with Crippen molar-refractivity contribution in [3.63, 3.8) is 0 Å². The van der Waals surface area contributed by atoms with Crippen molar-refractivity contribution < 1.29 is 9.53 Å². The topological polar surface area (TPSA) is 55.0 Å². The molecule has 0 atom stereocenters. The zero-order chi connectivity index (χ0) is 15.5. The summed E-state index contributed by atoms with van der Waals surface area (Å²) in [6.07, 6.45) is 0. The van der Waals surface area contributed by atoms with E-state index in [0.717, 1.165) is 11.1 Å². The van der Waals surface area contributed by atoms with Crippen molar-refractivity contribution in [2.24, 2.45) is 0 Å². The van der Waals surface area contributed by atoms with Gasteiger partial charge in [0.1, 0.15) is 5.82 Å². The molecule has 0 fully saturated rings. The van der Waals surface area contributed by atoms with Gasteiger partial charge in [0.05, 0.1) is 7.11 Å². The number of carbonyl (C=O) groups excluding carboxylic acids is 1. The van der Waals surface area contributed by atoms with Crippen LogP contribution in [-0.2, 0) is 4.74 Å². The van der Waals surface area contributed by atoms with Crippen molar-refractivity contribution in [2.75, 3.05) is 7.11 Å². The highest BCUT2D eigenvalue weighted by Gasteiger charge is 2.15. The molecule has 22 heavy (non-hydrogen) atoms. The number of nitrogens with one attached hydrogen (secondary N) is 1. The van der Waals surface area contributed by atoms with Gasteiger partial charge in [0.25, 0.3) is 0 Å². The van der Waals surface area contributed by atoms with Crippen molar-refractivity contribution in [3.05, 3.63) is 66.0 Å². The number of benzene rings is 2. The maximum atomic E-state index is 11.6. The summed E-state index contributed by atoms with van der Waals surface area (Å²) in [5.74, 6) is 0.235. The molecule has 0 bridgehead atoms. The van der Waals surface area contributed by atoms with Crippen LogP contribution in [-0.4, -0.2) is 23.0 Å². The average Bonchev–Trinajstić information content (AvgIpc) is 2.97. The molecule has 0 aliphatic rings. The van der Waals surface area contributed by atoms with Gasteiger partial charge >= 0.3 is 5.97 Å². The highest BCUT2D eigenvalue weighted by atomic mass is 16.5. The van der Waals surface area contributed by atoms with Gasteiger partial charge in [-0.15, -0.1) is 0 Å². The van der Waals surface area contributed by atoms with E-state index in [9.17, 15) is 4.79 Å². The predicted molar refractivity (Wildman–Crippen MR) is 85.5 cm³/mol. The largest absolute Gasteiger partial charge is 0.464 e. The maximum absolute atomic E-state index is 11.6. The number of hydrogen-bond donors (Lipinski definition) is 1. The van der Waals surface area contributed by atoms with Crippen LogP contribution in [0.2, 0.25) is 0 Å².